The summed E-state index contributed by atoms with van der Waals surface area (Å²) in [5.74, 6) is 0. The lowest BCUT2D eigenvalue weighted by Crippen LogP contribution is -2.26. The van der Waals surface area contributed by atoms with Crippen molar-refractivity contribution in [3.63, 3.8) is 0 Å². The van der Waals surface area contributed by atoms with Gasteiger partial charge in [-0.2, -0.15) is 5.10 Å². The number of hydrogen-bond acceptors (Lipinski definition) is 2. The van der Waals surface area contributed by atoms with Crippen molar-refractivity contribution in [3.05, 3.63) is 41.1 Å². The van der Waals surface area contributed by atoms with Crippen LogP contribution in [0, 0.1) is 0 Å². The van der Waals surface area contributed by atoms with Gasteiger partial charge in [-0.25, -0.2) is 0 Å². The third kappa shape index (κ3) is 2.38. The van der Waals surface area contributed by atoms with Gasteiger partial charge in [-0.3, -0.25) is 5.10 Å². The number of benzene rings is 1. The molecule has 2 heterocycles. The highest BCUT2D eigenvalue weighted by atomic mass is 15.2. The molecule has 2 aromatic rings. The molecule has 1 aliphatic rings. The summed E-state index contributed by atoms with van der Waals surface area (Å²) in [6.45, 7) is 8.83. The van der Waals surface area contributed by atoms with E-state index in [9.17, 15) is 0 Å². The Kier molecular flexibility index (Phi) is 3.17. The van der Waals surface area contributed by atoms with Gasteiger partial charge >= 0.3 is 0 Å². The van der Waals surface area contributed by atoms with E-state index in [4.69, 9.17) is 0 Å². The summed E-state index contributed by atoms with van der Waals surface area (Å²) < 4.78 is 0. The van der Waals surface area contributed by atoms with Crippen LogP contribution in [0.4, 0.5) is 0 Å². The fourth-order valence-corrected chi connectivity index (χ4v) is 2.80. The number of H-pyrrole nitrogens is 1. The average molecular weight is 269 g/mol. The smallest absolute Gasteiger partial charge is 0.0968 e. The van der Waals surface area contributed by atoms with Crippen LogP contribution in [-0.2, 0) is 18.4 Å². The SMILES string of the molecule is CN1CCc2[nH]nc(-c3ccc(C(C)(C)C)cc3)c2C1. The summed E-state index contributed by atoms with van der Waals surface area (Å²) in [6, 6.07) is 8.85. The van der Waals surface area contributed by atoms with E-state index in [1.807, 2.05) is 0 Å². The Morgan fingerprint density at radius 3 is 2.50 bits per heavy atom. The minimum Gasteiger partial charge on any atom is -0.302 e. The van der Waals surface area contributed by atoms with Gasteiger partial charge in [0.15, 0.2) is 0 Å². The largest absolute Gasteiger partial charge is 0.302 e. The third-order valence-electron chi connectivity index (χ3n) is 4.15. The van der Waals surface area contributed by atoms with E-state index in [0.29, 0.717) is 0 Å². The van der Waals surface area contributed by atoms with Crippen LogP contribution in [0.25, 0.3) is 11.3 Å². The van der Waals surface area contributed by atoms with Crippen molar-refractivity contribution in [2.24, 2.45) is 0 Å². The van der Waals surface area contributed by atoms with Crippen molar-refractivity contribution in [2.45, 2.75) is 39.2 Å². The predicted octanol–water partition coefficient (Wildman–Crippen LogP) is 3.36. The number of hydrogen-bond donors (Lipinski definition) is 1. The zero-order valence-corrected chi connectivity index (χ0v) is 12.8. The maximum atomic E-state index is 4.54. The predicted molar refractivity (Wildman–Crippen MR) is 82.8 cm³/mol. The van der Waals surface area contributed by atoms with Crippen LogP contribution in [0.15, 0.2) is 24.3 Å². The van der Waals surface area contributed by atoms with Crippen LogP contribution in [0.5, 0.6) is 0 Å². The van der Waals surface area contributed by atoms with Crippen LogP contribution in [0.2, 0.25) is 0 Å². The molecule has 1 aliphatic heterocycles. The van der Waals surface area contributed by atoms with Crippen molar-refractivity contribution in [3.8, 4) is 11.3 Å². The number of nitrogens with one attached hydrogen (secondary N) is 1. The average Bonchev–Trinajstić information content (AvgIpc) is 2.81. The van der Waals surface area contributed by atoms with Gasteiger partial charge in [0, 0.05) is 36.3 Å². The summed E-state index contributed by atoms with van der Waals surface area (Å²) in [4.78, 5) is 2.35. The zero-order valence-electron chi connectivity index (χ0n) is 12.8. The molecule has 0 amide bonds. The second-order valence-electron chi connectivity index (χ2n) is 6.84. The van der Waals surface area contributed by atoms with E-state index in [2.05, 4.69) is 67.2 Å². The molecule has 1 N–H and O–H groups in total. The molecule has 0 saturated heterocycles. The maximum Gasteiger partial charge on any atom is 0.0968 e. The summed E-state index contributed by atoms with van der Waals surface area (Å²) in [5, 5.41) is 7.76. The number of fused-ring (bicyclic) bond motifs is 1. The number of nitrogens with zero attached hydrogens (tertiary/aromatic N) is 2. The highest BCUT2D eigenvalue weighted by Crippen LogP contribution is 2.30. The van der Waals surface area contributed by atoms with E-state index in [0.717, 1.165) is 25.2 Å². The lowest BCUT2D eigenvalue weighted by atomic mass is 9.86. The highest BCUT2D eigenvalue weighted by molar-refractivity contribution is 5.64. The van der Waals surface area contributed by atoms with Crippen molar-refractivity contribution < 1.29 is 0 Å². The van der Waals surface area contributed by atoms with Gasteiger partial charge in [-0.05, 0) is 18.0 Å². The summed E-state index contributed by atoms with van der Waals surface area (Å²) in [6.07, 6.45) is 1.07. The lowest BCUT2D eigenvalue weighted by molar-refractivity contribution is 0.312. The molecular weight excluding hydrogens is 246 g/mol. The molecule has 0 radical (unpaired) electrons. The fraction of sp³-hybridized carbons (Fsp3) is 0.471. The first-order valence-corrected chi connectivity index (χ1v) is 7.31. The molecule has 106 valence electrons. The Morgan fingerprint density at radius 2 is 1.85 bits per heavy atom. The zero-order chi connectivity index (χ0) is 14.3. The van der Waals surface area contributed by atoms with Crippen molar-refractivity contribution >= 4 is 0 Å². The minimum atomic E-state index is 0.198. The van der Waals surface area contributed by atoms with Crippen LogP contribution < -0.4 is 0 Å². The first kappa shape index (κ1) is 13.4. The molecular formula is C17H23N3. The standard InChI is InChI=1S/C17H23N3/c1-17(2,3)13-7-5-12(6-8-13)16-14-11-20(4)10-9-15(14)18-19-16/h5-8H,9-11H2,1-4H3,(H,18,19). The van der Waals surface area contributed by atoms with Crippen LogP contribution in [0.3, 0.4) is 0 Å². The molecule has 1 aromatic carbocycles. The maximum absolute atomic E-state index is 4.54. The summed E-state index contributed by atoms with van der Waals surface area (Å²) in [7, 11) is 2.17. The number of aromatic amines is 1. The molecule has 3 nitrogen and oxygen atoms in total. The molecule has 0 spiro atoms. The van der Waals surface area contributed by atoms with Crippen molar-refractivity contribution in [1.82, 2.24) is 15.1 Å². The molecule has 20 heavy (non-hydrogen) atoms. The molecule has 0 bridgehead atoms. The quantitative estimate of drug-likeness (QED) is 0.861. The lowest BCUT2D eigenvalue weighted by Gasteiger charge is -2.22. The fourth-order valence-electron chi connectivity index (χ4n) is 2.80. The Bertz CT molecular complexity index is 602. The van der Waals surface area contributed by atoms with Crippen molar-refractivity contribution in [1.29, 1.82) is 0 Å². The van der Waals surface area contributed by atoms with Gasteiger partial charge in [-0.1, -0.05) is 45.0 Å². The normalized spacial score (nSPS) is 16.2. The van der Waals surface area contributed by atoms with Crippen LogP contribution in [0.1, 0.15) is 37.6 Å². The van der Waals surface area contributed by atoms with E-state index in [1.165, 1.54) is 22.4 Å². The Morgan fingerprint density at radius 1 is 1.15 bits per heavy atom. The molecule has 0 aliphatic carbocycles. The molecule has 0 atom stereocenters. The number of aromatic nitrogens is 2. The Hall–Kier alpha value is -1.61. The second kappa shape index (κ2) is 4.74. The molecule has 0 fully saturated rings. The number of rotatable bonds is 1. The Balaban J connectivity index is 1.96. The van der Waals surface area contributed by atoms with E-state index >= 15 is 0 Å². The van der Waals surface area contributed by atoms with Crippen molar-refractivity contribution in [2.75, 3.05) is 13.6 Å². The molecule has 3 rings (SSSR count). The van der Waals surface area contributed by atoms with Crippen LogP contribution >= 0.6 is 0 Å². The van der Waals surface area contributed by atoms with Gasteiger partial charge in [0.25, 0.3) is 0 Å². The minimum absolute atomic E-state index is 0.198. The molecule has 1 aromatic heterocycles. The van der Waals surface area contributed by atoms with E-state index in [-0.39, 0.29) is 5.41 Å². The molecule has 0 unspecified atom stereocenters. The molecule has 3 heteroatoms. The van der Waals surface area contributed by atoms with Gasteiger partial charge < -0.3 is 4.90 Å². The highest BCUT2D eigenvalue weighted by Gasteiger charge is 2.21. The second-order valence-corrected chi connectivity index (χ2v) is 6.84. The van der Waals surface area contributed by atoms with E-state index < -0.39 is 0 Å². The van der Waals surface area contributed by atoms with E-state index in [1.54, 1.807) is 0 Å². The number of likely N-dealkylation sites (N-methyl/N-ethyl adjacent to an activating group) is 1. The van der Waals surface area contributed by atoms with Gasteiger partial charge in [0.1, 0.15) is 0 Å². The summed E-state index contributed by atoms with van der Waals surface area (Å²) >= 11 is 0. The topological polar surface area (TPSA) is 31.9 Å². The molecule has 0 saturated carbocycles. The first-order valence-electron chi connectivity index (χ1n) is 7.31. The first-order chi connectivity index (χ1) is 9.45. The van der Waals surface area contributed by atoms with Gasteiger partial charge in [-0.15, -0.1) is 0 Å². The third-order valence-corrected chi connectivity index (χ3v) is 4.15. The summed E-state index contributed by atoms with van der Waals surface area (Å²) in [5.41, 5.74) is 6.56. The van der Waals surface area contributed by atoms with Crippen LogP contribution in [-0.4, -0.2) is 28.7 Å². The Labute approximate surface area is 121 Å². The van der Waals surface area contributed by atoms with Gasteiger partial charge in [0.2, 0.25) is 0 Å². The van der Waals surface area contributed by atoms with Gasteiger partial charge in [0.05, 0.1) is 5.69 Å². The monoisotopic (exact) mass is 269 g/mol.